The molecule has 1 aliphatic carbocycles. The number of piperidine rings is 1. The van der Waals surface area contributed by atoms with E-state index in [4.69, 9.17) is 0 Å². The maximum atomic E-state index is 12.7. The van der Waals surface area contributed by atoms with Gasteiger partial charge in [-0.25, -0.2) is 0 Å². The molecule has 0 bridgehead atoms. The number of likely N-dealkylation sites (tertiary alicyclic amines) is 1. The summed E-state index contributed by atoms with van der Waals surface area (Å²) in [6.07, 6.45) is 6.11. The maximum Gasteiger partial charge on any atom is 0.265 e. The van der Waals surface area contributed by atoms with Crippen molar-refractivity contribution in [3.8, 4) is 0 Å². The van der Waals surface area contributed by atoms with Gasteiger partial charge in [-0.05, 0) is 67.3 Å². The molecule has 1 saturated heterocycles. The normalized spacial score (nSPS) is 19.7. The Morgan fingerprint density at radius 2 is 2.15 bits per heavy atom. The van der Waals surface area contributed by atoms with Crippen LogP contribution in [-0.4, -0.2) is 23.3 Å². The molecule has 2 amide bonds. The number of carbonyl (C=O) groups is 2. The third-order valence-electron chi connectivity index (χ3n) is 5.53. The van der Waals surface area contributed by atoms with Crippen molar-refractivity contribution in [2.45, 2.75) is 52.0 Å². The molecule has 27 heavy (non-hydrogen) atoms. The van der Waals surface area contributed by atoms with Crippen molar-refractivity contribution in [2.75, 3.05) is 11.9 Å². The zero-order valence-corrected chi connectivity index (χ0v) is 16.6. The molecule has 4 nitrogen and oxygen atoms in total. The van der Waals surface area contributed by atoms with E-state index in [1.807, 2.05) is 29.2 Å². The topological polar surface area (TPSA) is 49.4 Å². The lowest BCUT2D eigenvalue weighted by Crippen LogP contribution is -2.34. The summed E-state index contributed by atoms with van der Waals surface area (Å²) >= 11 is 1.63. The van der Waals surface area contributed by atoms with Gasteiger partial charge in [-0.2, -0.15) is 0 Å². The molecule has 1 N–H and O–H groups in total. The van der Waals surface area contributed by atoms with Crippen molar-refractivity contribution in [3.63, 3.8) is 0 Å². The summed E-state index contributed by atoms with van der Waals surface area (Å²) in [5.41, 5.74) is 3.20. The number of fused-ring (bicyclic) bond motifs is 1. The van der Waals surface area contributed by atoms with Gasteiger partial charge in [-0.15, -0.1) is 11.3 Å². The molecule has 4 rings (SSSR count). The van der Waals surface area contributed by atoms with E-state index in [2.05, 4.69) is 18.3 Å². The first-order valence-corrected chi connectivity index (χ1v) is 10.7. The minimum atomic E-state index is -0.0340. The number of nitrogens with one attached hydrogen (secondary N) is 1. The highest BCUT2D eigenvalue weighted by atomic mass is 32.1. The van der Waals surface area contributed by atoms with Gasteiger partial charge in [0.1, 0.15) is 0 Å². The summed E-state index contributed by atoms with van der Waals surface area (Å²) in [6.45, 7) is 3.72. The van der Waals surface area contributed by atoms with Crippen molar-refractivity contribution < 1.29 is 9.59 Å². The summed E-state index contributed by atoms with van der Waals surface area (Å²) in [5, 5.41) is 3.04. The zero-order valence-electron chi connectivity index (χ0n) is 15.8. The quantitative estimate of drug-likeness (QED) is 0.838. The number of carbonyl (C=O) groups excluding carboxylic acids is 2. The summed E-state index contributed by atoms with van der Waals surface area (Å²) in [5.74, 6) is 0.902. The third-order valence-corrected chi connectivity index (χ3v) is 6.77. The predicted octanol–water partition coefficient (Wildman–Crippen LogP) is 4.64. The number of benzene rings is 1. The van der Waals surface area contributed by atoms with Crippen molar-refractivity contribution >= 4 is 28.8 Å². The highest BCUT2D eigenvalue weighted by molar-refractivity contribution is 7.14. The molecule has 5 heteroatoms. The fourth-order valence-corrected chi connectivity index (χ4v) is 5.11. The molecule has 0 radical (unpaired) electrons. The number of anilines is 1. The van der Waals surface area contributed by atoms with Crippen LogP contribution in [0, 0.1) is 5.92 Å². The second-order valence-electron chi connectivity index (χ2n) is 7.83. The SMILES string of the molecule is CC1CCc2sc(C(=O)Nc3cccc(CN4CCCCC4=O)c3)cc2C1. The standard InChI is InChI=1S/C22H26N2O2S/c1-15-8-9-19-17(11-15)13-20(27-19)22(26)23-18-6-4-5-16(12-18)14-24-10-3-2-7-21(24)25/h4-6,12-13,15H,2-3,7-11,14H2,1H3,(H,23,26). The summed E-state index contributed by atoms with van der Waals surface area (Å²) in [6, 6.07) is 9.93. The van der Waals surface area contributed by atoms with Crippen molar-refractivity contribution in [3.05, 3.63) is 51.2 Å². The molecule has 1 aromatic heterocycles. The number of amides is 2. The van der Waals surface area contributed by atoms with E-state index >= 15 is 0 Å². The van der Waals surface area contributed by atoms with Gasteiger partial charge >= 0.3 is 0 Å². The number of aryl methyl sites for hydroxylation is 1. The first kappa shape index (κ1) is 18.2. The van der Waals surface area contributed by atoms with Crippen LogP contribution in [0.2, 0.25) is 0 Å². The largest absolute Gasteiger partial charge is 0.338 e. The van der Waals surface area contributed by atoms with Crippen LogP contribution in [-0.2, 0) is 24.2 Å². The predicted molar refractivity (Wildman–Crippen MR) is 109 cm³/mol. The van der Waals surface area contributed by atoms with Gasteiger partial charge in [0.05, 0.1) is 4.88 Å². The van der Waals surface area contributed by atoms with Crippen molar-refractivity contribution in [1.29, 1.82) is 0 Å². The Hall–Kier alpha value is -2.14. The smallest absolute Gasteiger partial charge is 0.265 e. The number of rotatable bonds is 4. The lowest BCUT2D eigenvalue weighted by Gasteiger charge is -2.26. The molecule has 1 aliphatic heterocycles. The number of nitrogens with zero attached hydrogens (tertiary/aromatic N) is 1. The van der Waals surface area contributed by atoms with Crippen LogP contribution < -0.4 is 5.32 Å². The van der Waals surface area contributed by atoms with Crippen LogP contribution >= 0.6 is 11.3 Å². The average Bonchev–Trinajstić information content (AvgIpc) is 3.07. The lowest BCUT2D eigenvalue weighted by atomic mass is 9.90. The fourth-order valence-electron chi connectivity index (χ4n) is 4.01. The number of thiophene rings is 1. The molecule has 1 unspecified atom stereocenters. The highest BCUT2D eigenvalue weighted by Crippen LogP contribution is 2.32. The van der Waals surface area contributed by atoms with Gasteiger partial charge in [-0.1, -0.05) is 19.1 Å². The second kappa shape index (κ2) is 7.85. The van der Waals surface area contributed by atoms with Crippen LogP contribution in [0.4, 0.5) is 5.69 Å². The Balaban J connectivity index is 1.43. The molecular formula is C22H26N2O2S. The Morgan fingerprint density at radius 3 is 3.00 bits per heavy atom. The molecule has 2 aromatic rings. The molecule has 1 fully saturated rings. The first-order chi connectivity index (χ1) is 13.1. The van der Waals surface area contributed by atoms with E-state index in [1.54, 1.807) is 11.3 Å². The van der Waals surface area contributed by atoms with E-state index in [9.17, 15) is 9.59 Å². The average molecular weight is 383 g/mol. The van der Waals surface area contributed by atoms with Gasteiger partial charge in [0.2, 0.25) is 5.91 Å². The Morgan fingerprint density at radius 1 is 1.26 bits per heavy atom. The van der Waals surface area contributed by atoms with Crippen molar-refractivity contribution in [2.24, 2.45) is 5.92 Å². The van der Waals surface area contributed by atoms with Crippen LogP contribution in [0.15, 0.2) is 30.3 Å². The fraction of sp³-hybridized carbons (Fsp3) is 0.455. The lowest BCUT2D eigenvalue weighted by molar-refractivity contribution is -0.133. The van der Waals surface area contributed by atoms with E-state index < -0.39 is 0 Å². The molecule has 0 saturated carbocycles. The van der Waals surface area contributed by atoms with E-state index in [-0.39, 0.29) is 11.8 Å². The van der Waals surface area contributed by atoms with Crippen molar-refractivity contribution in [1.82, 2.24) is 4.90 Å². The molecule has 1 aromatic carbocycles. The Labute approximate surface area is 164 Å². The van der Waals surface area contributed by atoms with Gasteiger partial charge in [0, 0.05) is 30.1 Å². The summed E-state index contributed by atoms with van der Waals surface area (Å²) in [4.78, 5) is 28.8. The van der Waals surface area contributed by atoms with Gasteiger partial charge < -0.3 is 10.2 Å². The molecule has 2 aliphatic rings. The van der Waals surface area contributed by atoms with Crippen LogP contribution in [0.25, 0.3) is 0 Å². The zero-order chi connectivity index (χ0) is 18.8. The summed E-state index contributed by atoms with van der Waals surface area (Å²) < 4.78 is 0. The third kappa shape index (κ3) is 4.24. The van der Waals surface area contributed by atoms with E-state index in [1.165, 1.54) is 16.9 Å². The van der Waals surface area contributed by atoms with Crippen LogP contribution in [0.1, 0.15) is 58.3 Å². The summed E-state index contributed by atoms with van der Waals surface area (Å²) in [7, 11) is 0. The minimum absolute atomic E-state index is 0.0340. The number of hydrogen-bond acceptors (Lipinski definition) is 3. The van der Waals surface area contributed by atoms with E-state index in [0.29, 0.717) is 18.9 Å². The second-order valence-corrected chi connectivity index (χ2v) is 8.97. The first-order valence-electron chi connectivity index (χ1n) is 9.88. The van der Waals surface area contributed by atoms with Crippen LogP contribution in [0.5, 0.6) is 0 Å². The van der Waals surface area contributed by atoms with Gasteiger partial charge in [0.25, 0.3) is 5.91 Å². The molecule has 142 valence electrons. The monoisotopic (exact) mass is 382 g/mol. The molecule has 0 spiro atoms. The molecular weight excluding hydrogens is 356 g/mol. The minimum Gasteiger partial charge on any atom is -0.338 e. The van der Waals surface area contributed by atoms with Crippen LogP contribution in [0.3, 0.4) is 0 Å². The highest BCUT2D eigenvalue weighted by Gasteiger charge is 2.21. The van der Waals surface area contributed by atoms with Gasteiger partial charge in [-0.3, -0.25) is 9.59 Å². The molecule has 1 atom stereocenters. The van der Waals surface area contributed by atoms with E-state index in [0.717, 1.165) is 48.4 Å². The molecule has 2 heterocycles. The van der Waals surface area contributed by atoms with Gasteiger partial charge in [0.15, 0.2) is 0 Å². The Kier molecular flexibility index (Phi) is 5.30. The Bertz CT molecular complexity index is 858. The maximum absolute atomic E-state index is 12.7. The number of hydrogen-bond donors (Lipinski definition) is 1.